The number of nitrogen functional groups attached to an aromatic ring is 1. The summed E-state index contributed by atoms with van der Waals surface area (Å²) in [5, 5.41) is 3.06. The first-order valence-corrected chi connectivity index (χ1v) is 9.07. The van der Waals surface area contributed by atoms with Gasteiger partial charge in [0.15, 0.2) is 0 Å². The van der Waals surface area contributed by atoms with E-state index in [1.165, 1.54) is 12.1 Å². The highest BCUT2D eigenvalue weighted by Gasteiger charge is 2.13. The molecule has 0 spiro atoms. The average molecular weight is 353 g/mol. The van der Waals surface area contributed by atoms with Crippen LogP contribution in [0.5, 0.6) is 0 Å². The zero-order valence-electron chi connectivity index (χ0n) is 11.7. The highest BCUT2D eigenvalue weighted by molar-refractivity contribution is 7.91. The molecule has 0 aliphatic carbocycles. The van der Waals surface area contributed by atoms with Gasteiger partial charge in [0, 0.05) is 17.9 Å². The maximum absolute atomic E-state index is 11.8. The number of rotatable bonds is 7. The van der Waals surface area contributed by atoms with Gasteiger partial charge >= 0.3 is 0 Å². The summed E-state index contributed by atoms with van der Waals surface area (Å²) in [5.41, 5.74) is 6.25. The number of anilines is 2. The fourth-order valence-electron chi connectivity index (χ4n) is 1.78. The van der Waals surface area contributed by atoms with Crippen molar-refractivity contribution in [3.8, 4) is 0 Å². The zero-order valence-corrected chi connectivity index (χ0v) is 14.0. The van der Waals surface area contributed by atoms with Crippen LogP contribution in [0.1, 0.15) is 26.2 Å². The normalized spacial score (nSPS) is 11.4. The largest absolute Gasteiger partial charge is 0.399 e. The fraction of sp³-hybridized carbons (Fsp3) is 0.462. The van der Waals surface area contributed by atoms with Gasteiger partial charge in [-0.1, -0.05) is 30.1 Å². The molecule has 21 heavy (non-hydrogen) atoms. The average Bonchev–Trinajstić information content (AvgIpc) is 2.33. The van der Waals surface area contributed by atoms with Crippen LogP contribution in [-0.4, -0.2) is 25.8 Å². The maximum Gasteiger partial charge on any atom is 0.224 e. The summed E-state index contributed by atoms with van der Waals surface area (Å²) < 4.78 is 23.1. The van der Waals surface area contributed by atoms with E-state index in [1.54, 1.807) is 6.92 Å². The Hall–Kier alpha value is -0.980. The van der Waals surface area contributed by atoms with Gasteiger partial charge in [0.05, 0.1) is 21.5 Å². The molecule has 0 saturated carbocycles. The standard InChI is InChI=1S/C13H18Cl2N2O3S/c1-2-5-21(19,20)6-3-4-12(18)17-13-10(14)7-9(16)8-11(13)15/h7-8H,2-6,16H2,1H3,(H,17,18). The van der Waals surface area contributed by atoms with Gasteiger partial charge in [-0.15, -0.1) is 0 Å². The second-order valence-corrected chi connectivity index (χ2v) is 7.78. The van der Waals surface area contributed by atoms with E-state index >= 15 is 0 Å². The zero-order chi connectivity index (χ0) is 16.0. The van der Waals surface area contributed by atoms with Crippen molar-refractivity contribution in [3.05, 3.63) is 22.2 Å². The summed E-state index contributed by atoms with van der Waals surface area (Å²) in [4.78, 5) is 11.8. The smallest absolute Gasteiger partial charge is 0.224 e. The highest BCUT2D eigenvalue weighted by atomic mass is 35.5. The lowest BCUT2D eigenvalue weighted by Gasteiger charge is -2.10. The van der Waals surface area contributed by atoms with Gasteiger partial charge in [0.1, 0.15) is 9.84 Å². The van der Waals surface area contributed by atoms with Crippen LogP contribution in [0.3, 0.4) is 0 Å². The quantitative estimate of drug-likeness (QED) is 0.737. The van der Waals surface area contributed by atoms with Gasteiger partial charge in [-0.25, -0.2) is 8.42 Å². The lowest BCUT2D eigenvalue weighted by Crippen LogP contribution is -2.16. The van der Waals surface area contributed by atoms with Crippen LogP contribution in [0.2, 0.25) is 10.0 Å². The molecule has 0 aliphatic rings. The first-order valence-electron chi connectivity index (χ1n) is 6.50. The van der Waals surface area contributed by atoms with Gasteiger partial charge in [-0.2, -0.15) is 0 Å². The number of nitrogens with one attached hydrogen (secondary N) is 1. The van der Waals surface area contributed by atoms with Crippen LogP contribution >= 0.6 is 23.2 Å². The van der Waals surface area contributed by atoms with E-state index < -0.39 is 9.84 Å². The predicted molar refractivity (Wildman–Crippen MR) is 87.7 cm³/mol. The number of carbonyl (C=O) groups is 1. The molecule has 1 rings (SSSR count). The van der Waals surface area contributed by atoms with Crippen molar-refractivity contribution in [2.24, 2.45) is 0 Å². The van der Waals surface area contributed by atoms with Crippen molar-refractivity contribution >= 4 is 50.3 Å². The molecule has 3 N–H and O–H groups in total. The third-order valence-electron chi connectivity index (χ3n) is 2.70. The SMILES string of the molecule is CCCS(=O)(=O)CCCC(=O)Nc1c(Cl)cc(N)cc1Cl. The van der Waals surface area contributed by atoms with Crippen molar-refractivity contribution in [1.82, 2.24) is 0 Å². The second-order valence-electron chi connectivity index (χ2n) is 4.66. The second kappa shape index (κ2) is 7.87. The van der Waals surface area contributed by atoms with E-state index in [0.29, 0.717) is 12.1 Å². The Morgan fingerprint density at radius 2 is 1.81 bits per heavy atom. The van der Waals surface area contributed by atoms with Crippen molar-refractivity contribution in [3.63, 3.8) is 0 Å². The molecule has 5 nitrogen and oxygen atoms in total. The summed E-state index contributed by atoms with van der Waals surface area (Å²) in [7, 11) is -3.07. The van der Waals surface area contributed by atoms with E-state index in [0.717, 1.165) is 0 Å². The van der Waals surface area contributed by atoms with Gasteiger partial charge in [0.2, 0.25) is 5.91 Å². The number of nitrogens with two attached hydrogens (primary N) is 1. The van der Waals surface area contributed by atoms with Crippen molar-refractivity contribution in [2.75, 3.05) is 22.6 Å². The molecular weight excluding hydrogens is 335 g/mol. The molecule has 0 unspecified atom stereocenters. The van der Waals surface area contributed by atoms with Crippen molar-refractivity contribution in [1.29, 1.82) is 0 Å². The molecule has 1 amide bonds. The summed E-state index contributed by atoms with van der Waals surface area (Å²) in [6.07, 6.45) is 0.920. The third-order valence-corrected chi connectivity index (χ3v) is 5.24. The van der Waals surface area contributed by atoms with Gasteiger partial charge in [0.25, 0.3) is 0 Å². The Balaban J connectivity index is 2.56. The van der Waals surface area contributed by atoms with Crippen LogP contribution in [-0.2, 0) is 14.6 Å². The maximum atomic E-state index is 11.8. The Labute approximate surface area is 134 Å². The van der Waals surface area contributed by atoms with Gasteiger partial charge < -0.3 is 11.1 Å². The summed E-state index contributed by atoms with van der Waals surface area (Å²) >= 11 is 11.9. The van der Waals surface area contributed by atoms with E-state index in [9.17, 15) is 13.2 Å². The minimum atomic E-state index is -3.07. The topological polar surface area (TPSA) is 89.3 Å². The lowest BCUT2D eigenvalue weighted by molar-refractivity contribution is -0.116. The Kier molecular flexibility index (Phi) is 6.77. The van der Waals surface area contributed by atoms with Crippen molar-refractivity contribution < 1.29 is 13.2 Å². The highest BCUT2D eigenvalue weighted by Crippen LogP contribution is 2.32. The number of sulfone groups is 1. The Morgan fingerprint density at radius 1 is 1.24 bits per heavy atom. The van der Waals surface area contributed by atoms with E-state index in [1.807, 2.05) is 0 Å². The number of hydrogen-bond donors (Lipinski definition) is 2. The molecule has 0 saturated heterocycles. The number of halogens is 2. The lowest BCUT2D eigenvalue weighted by atomic mass is 10.2. The van der Waals surface area contributed by atoms with Gasteiger partial charge in [-0.3, -0.25) is 4.79 Å². The molecule has 1 aromatic carbocycles. The minimum absolute atomic E-state index is 0.00252. The fourth-order valence-corrected chi connectivity index (χ4v) is 3.79. The van der Waals surface area contributed by atoms with Gasteiger partial charge in [-0.05, 0) is 25.0 Å². The first-order chi connectivity index (χ1) is 9.75. The number of amides is 1. The molecular formula is C13H18Cl2N2O3S. The first kappa shape index (κ1) is 18.1. The third kappa shape index (κ3) is 6.11. The van der Waals surface area contributed by atoms with Crippen LogP contribution in [0.4, 0.5) is 11.4 Å². The number of carbonyl (C=O) groups excluding carboxylic acids is 1. The Morgan fingerprint density at radius 3 is 2.33 bits per heavy atom. The molecule has 0 fully saturated rings. The number of hydrogen-bond acceptors (Lipinski definition) is 4. The summed E-state index contributed by atoms with van der Waals surface area (Å²) in [6, 6.07) is 2.96. The van der Waals surface area contributed by atoms with Crippen LogP contribution in [0.15, 0.2) is 12.1 Å². The molecule has 0 atom stereocenters. The van der Waals surface area contributed by atoms with E-state index in [2.05, 4.69) is 5.32 Å². The molecule has 8 heteroatoms. The number of benzene rings is 1. The molecule has 0 radical (unpaired) electrons. The molecule has 0 heterocycles. The van der Waals surface area contributed by atoms with E-state index in [-0.39, 0.29) is 46.0 Å². The minimum Gasteiger partial charge on any atom is -0.399 e. The molecule has 0 aliphatic heterocycles. The summed E-state index contributed by atoms with van der Waals surface area (Å²) in [6.45, 7) is 1.80. The Bertz CT molecular complexity index is 595. The van der Waals surface area contributed by atoms with Crippen LogP contribution < -0.4 is 11.1 Å². The molecule has 0 aromatic heterocycles. The predicted octanol–water partition coefficient (Wildman–Crippen LogP) is 3.12. The molecule has 118 valence electrons. The summed E-state index contributed by atoms with van der Waals surface area (Å²) in [5.74, 6) is -0.197. The van der Waals surface area contributed by atoms with Crippen LogP contribution in [0.25, 0.3) is 0 Å². The van der Waals surface area contributed by atoms with Crippen LogP contribution in [0, 0.1) is 0 Å². The van der Waals surface area contributed by atoms with Crippen molar-refractivity contribution in [2.45, 2.75) is 26.2 Å². The molecule has 1 aromatic rings. The monoisotopic (exact) mass is 352 g/mol. The van der Waals surface area contributed by atoms with E-state index in [4.69, 9.17) is 28.9 Å². The molecule has 0 bridgehead atoms.